The molecule has 8 nitrogen and oxygen atoms in total. The van der Waals surface area contributed by atoms with Crippen LogP contribution in [0.25, 0.3) is 6.08 Å². The molecule has 40 heavy (non-hydrogen) atoms. The van der Waals surface area contributed by atoms with Gasteiger partial charge < -0.3 is 23.8 Å². The molecule has 5 rings (SSSR count). The van der Waals surface area contributed by atoms with E-state index in [0.717, 1.165) is 5.56 Å². The molecular weight excluding hydrogens is 510 g/mol. The molecular formula is C32H27NO7. The Morgan fingerprint density at radius 3 is 2.23 bits per heavy atom. The van der Waals surface area contributed by atoms with E-state index in [-0.39, 0.29) is 17.1 Å². The van der Waals surface area contributed by atoms with Crippen molar-refractivity contribution in [3.05, 3.63) is 125 Å². The molecule has 0 saturated heterocycles. The van der Waals surface area contributed by atoms with E-state index >= 15 is 0 Å². The lowest BCUT2D eigenvalue weighted by Gasteiger charge is -2.47. The molecule has 1 heterocycles. The molecule has 2 unspecified atom stereocenters. The number of rotatable bonds is 6. The first-order valence-corrected chi connectivity index (χ1v) is 12.5. The van der Waals surface area contributed by atoms with Crippen molar-refractivity contribution in [2.24, 2.45) is 0 Å². The highest BCUT2D eigenvalue weighted by Crippen LogP contribution is 2.48. The Morgan fingerprint density at radius 1 is 0.875 bits per heavy atom. The number of fused-ring (bicyclic) bond motifs is 2. The number of carbonyl (C=O) groups is 3. The molecule has 8 heteroatoms. The quantitative estimate of drug-likeness (QED) is 0.414. The van der Waals surface area contributed by atoms with Gasteiger partial charge in [0.05, 0.1) is 21.3 Å². The number of hydrogen-bond donors (Lipinski definition) is 0. The number of anilines is 1. The highest BCUT2D eigenvalue weighted by molar-refractivity contribution is 6.11. The molecule has 3 aromatic rings. The first-order chi connectivity index (χ1) is 19.4. The van der Waals surface area contributed by atoms with Crippen LogP contribution in [0.3, 0.4) is 0 Å². The lowest BCUT2D eigenvalue weighted by Crippen LogP contribution is -2.54. The van der Waals surface area contributed by atoms with Crippen molar-refractivity contribution in [2.45, 2.75) is 11.8 Å². The van der Waals surface area contributed by atoms with Gasteiger partial charge in [-0.1, -0.05) is 60.7 Å². The average Bonchev–Trinajstić information content (AvgIpc) is 3.01. The van der Waals surface area contributed by atoms with E-state index in [2.05, 4.69) is 0 Å². The number of allylic oxidation sites excluding steroid dienone is 1. The molecule has 202 valence electrons. The molecule has 2 atom stereocenters. The largest absolute Gasteiger partial charge is 0.497 e. The summed E-state index contributed by atoms with van der Waals surface area (Å²) in [5, 5.41) is 0. The minimum Gasteiger partial charge on any atom is -0.497 e. The summed E-state index contributed by atoms with van der Waals surface area (Å²) < 4.78 is 22.5. The third-order valence-corrected chi connectivity index (χ3v) is 6.84. The van der Waals surface area contributed by atoms with Crippen molar-refractivity contribution in [3.8, 4) is 5.75 Å². The molecule has 2 aliphatic rings. The molecule has 0 fully saturated rings. The monoisotopic (exact) mass is 537 g/mol. The molecule has 1 aliphatic heterocycles. The van der Waals surface area contributed by atoms with Crippen molar-refractivity contribution in [3.63, 3.8) is 0 Å². The molecule has 3 aromatic carbocycles. The van der Waals surface area contributed by atoms with Gasteiger partial charge in [-0.25, -0.2) is 9.59 Å². The minimum atomic E-state index is -1.63. The summed E-state index contributed by atoms with van der Waals surface area (Å²) in [7, 11) is 4.01. The average molecular weight is 538 g/mol. The van der Waals surface area contributed by atoms with Crippen LogP contribution in [0.5, 0.6) is 5.75 Å². The summed E-state index contributed by atoms with van der Waals surface area (Å²) >= 11 is 0. The zero-order valence-electron chi connectivity index (χ0n) is 22.2. The molecule has 0 bridgehead atoms. The fraction of sp³-hybridized carbons (Fsp3) is 0.156. The lowest BCUT2D eigenvalue weighted by molar-refractivity contribution is -0.145. The standard InChI is InChI=1S/C32H27NO7/c1-37-23-16-14-22(15-17-23)33-27(18-13-21-9-5-4-6-10-21)40-32(28(30(35)38-2)29(33)31(36)39-3)20-19-26(34)24-11-7-8-12-25(24)32/h4-20,27H,1-3H3/b18-13+. The van der Waals surface area contributed by atoms with Gasteiger partial charge in [0.15, 0.2) is 12.0 Å². The number of nitrogens with zero attached hydrogens (tertiary/aromatic N) is 1. The maximum Gasteiger partial charge on any atom is 0.355 e. The fourth-order valence-electron chi connectivity index (χ4n) is 4.99. The summed E-state index contributed by atoms with van der Waals surface area (Å²) in [4.78, 5) is 41.6. The maximum absolute atomic E-state index is 13.6. The van der Waals surface area contributed by atoms with E-state index in [1.165, 1.54) is 26.4 Å². The van der Waals surface area contributed by atoms with Crippen LogP contribution in [0.4, 0.5) is 5.69 Å². The second-order valence-corrected chi connectivity index (χ2v) is 9.03. The number of esters is 2. The number of carbonyl (C=O) groups excluding carboxylic acids is 3. The predicted molar refractivity (Wildman–Crippen MR) is 148 cm³/mol. The Bertz CT molecular complexity index is 1540. The van der Waals surface area contributed by atoms with Crippen LogP contribution in [0.2, 0.25) is 0 Å². The Kier molecular flexibility index (Phi) is 7.35. The van der Waals surface area contributed by atoms with Crippen molar-refractivity contribution in [2.75, 3.05) is 26.2 Å². The van der Waals surface area contributed by atoms with E-state index in [4.69, 9.17) is 18.9 Å². The van der Waals surface area contributed by atoms with Crippen molar-refractivity contribution < 1.29 is 33.3 Å². The normalized spacial score (nSPS) is 20.0. The van der Waals surface area contributed by atoms with E-state index in [0.29, 0.717) is 22.6 Å². The summed E-state index contributed by atoms with van der Waals surface area (Å²) in [5.74, 6) is -1.23. The zero-order valence-corrected chi connectivity index (χ0v) is 22.2. The highest BCUT2D eigenvalue weighted by atomic mass is 16.6. The van der Waals surface area contributed by atoms with Crippen LogP contribution in [0.1, 0.15) is 21.5 Å². The van der Waals surface area contributed by atoms with Crippen molar-refractivity contribution >= 4 is 29.5 Å². The van der Waals surface area contributed by atoms with Crippen molar-refractivity contribution in [1.82, 2.24) is 0 Å². The van der Waals surface area contributed by atoms with Crippen LogP contribution in [-0.2, 0) is 29.4 Å². The summed E-state index contributed by atoms with van der Waals surface area (Å²) in [6.07, 6.45) is 5.56. The summed E-state index contributed by atoms with van der Waals surface area (Å²) in [6.45, 7) is 0. The SMILES string of the molecule is COC(=O)C1=C(C(=O)OC)C2(C=CC(=O)c3ccccc32)OC(/C=C/c2ccccc2)N1c1ccc(OC)cc1. The molecule has 0 amide bonds. The Labute approximate surface area is 231 Å². The van der Waals surface area contributed by atoms with Crippen LogP contribution in [0.15, 0.2) is 108 Å². The fourth-order valence-corrected chi connectivity index (χ4v) is 4.99. The number of ketones is 1. The first kappa shape index (κ1) is 26.6. The second kappa shape index (κ2) is 11.0. The van der Waals surface area contributed by atoms with Gasteiger partial charge in [-0.2, -0.15) is 0 Å². The van der Waals surface area contributed by atoms with Gasteiger partial charge in [-0.05, 0) is 48.1 Å². The van der Waals surface area contributed by atoms with Gasteiger partial charge in [0.25, 0.3) is 0 Å². The van der Waals surface area contributed by atoms with Gasteiger partial charge in [0, 0.05) is 16.8 Å². The maximum atomic E-state index is 13.6. The Morgan fingerprint density at radius 2 is 1.55 bits per heavy atom. The van der Waals surface area contributed by atoms with Crippen LogP contribution >= 0.6 is 0 Å². The van der Waals surface area contributed by atoms with Gasteiger partial charge in [-0.3, -0.25) is 4.79 Å². The predicted octanol–water partition coefficient (Wildman–Crippen LogP) is 4.82. The number of benzene rings is 3. The van der Waals surface area contributed by atoms with E-state index < -0.39 is 23.8 Å². The third kappa shape index (κ3) is 4.58. The number of hydrogen-bond acceptors (Lipinski definition) is 8. The molecule has 0 radical (unpaired) electrons. The second-order valence-electron chi connectivity index (χ2n) is 9.03. The van der Waals surface area contributed by atoms with Gasteiger partial charge in [0.1, 0.15) is 22.6 Å². The molecule has 1 spiro atoms. The zero-order chi connectivity index (χ0) is 28.3. The van der Waals surface area contributed by atoms with Crippen LogP contribution < -0.4 is 9.64 Å². The third-order valence-electron chi connectivity index (χ3n) is 6.84. The van der Waals surface area contributed by atoms with Gasteiger partial charge in [0.2, 0.25) is 0 Å². The first-order valence-electron chi connectivity index (χ1n) is 12.5. The molecule has 0 aromatic heterocycles. The number of methoxy groups -OCH3 is 3. The Hall–Kier alpha value is -4.95. The van der Waals surface area contributed by atoms with E-state index in [1.807, 2.05) is 36.4 Å². The minimum absolute atomic E-state index is 0.0812. The number of ether oxygens (including phenoxy) is 4. The molecule has 1 aliphatic carbocycles. The summed E-state index contributed by atoms with van der Waals surface area (Å²) in [6, 6.07) is 23.4. The topological polar surface area (TPSA) is 91.4 Å². The van der Waals surface area contributed by atoms with Crippen molar-refractivity contribution in [1.29, 1.82) is 0 Å². The van der Waals surface area contributed by atoms with E-state index in [9.17, 15) is 14.4 Å². The molecule has 0 N–H and O–H groups in total. The highest BCUT2D eigenvalue weighted by Gasteiger charge is 2.53. The van der Waals surface area contributed by atoms with Crippen LogP contribution in [0, 0.1) is 0 Å². The lowest BCUT2D eigenvalue weighted by atomic mass is 9.76. The van der Waals surface area contributed by atoms with Crippen LogP contribution in [-0.4, -0.2) is 45.3 Å². The summed E-state index contributed by atoms with van der Waals surface area (Å²) in [5.41, 5.74) is 0.364. The molecule has 0 saturated carbocycles. The van der Waals surface area contributed by atoms with Gasteiger partial charge >= 0.3 is 11.9 Å². The smallest absolute Gasteiger partial charge is 0.355 e. The van der Waals surface area contributed by atoms with Gasteiger partial charge in [-0.15, -0.1) is 0 Å². The van der Waals surface area contributed by atoms with E-state index in [1.54, 1.807) is 66.6 Å². The Balaban J connectivity index is 1.83.